The first-order valence-corrected chi connectivity index (χ1v) is 11.2. The van der Waals surface area contributed by atoms with Crippen LogP contribution in [0.5, 0.6) is 5.75 Å². The Morgan fingerprint density at radius 2 is 1.90 bits per heavy atom. The van der Waals surface area contributed by atoms with Crippen molar-refractivity contribution in [3.8, 4) is 5.75 Å². The average molecular weight is 405 g/mol. The van der Waals surface area contributed by atoms with Crippen molar-refractivity contribution in [2.24, 2.45) is 4.99 Å². The lowest BCUT2D eigenvalue weighted by Gasteiger charge is -2.43. The van der Waals surface area contributed by atoms with Gasteiger partial charge in [-0.3, -0.25) is 4.79 Å². The summed E-state index contributed by atoms with van der Waals surface area (Å²) in [5, 5.41) is 0. The molecule has 0 radical (unpaired) electrons. The molecule has 4 rings (SSSR count). The van der Waals surface area contributed by atoms with Gasteiger partial charge in [0.15, 0.2) is 0 Å². The summed E-state index contributed by atoms with van der Waals surface area (Å²) >= 11 is 0. The van der Waals surface area contributed by atoms with Crippen LogP contribution in [0.15, 0.2) is 41.4 Å². The molecule has 0 aromatic heterocycles. The van der Waals surface area contributed by atoms with Gasteiger partial charge in [0.05, 0.1) is 18.0 Å². The fourth-order valence-corrected chi connectivity index (χ4v) is 4.89. The number of carbonyl (C=O) groups is 1. The van der Waals surface area contributed by atoms with Crippen LogP contribution in [0.4, 0.5) is 11.4 Å². The Balaban J connectivity index is 1.81. The number of aryl methyl sites for hydroxylation is 1. The highest BCUT2D eigenvalue weighted by Crippen LogP contribution is 2.50. The molecule has 4 heteroatoms. The van der Waals surface area contributed by atoms with Crippen molar-refractivity contribution in [3.05, 3.63) is 53.1 Å². The van der Waals surface area contributed by atoms with Gasteiger partial charge in [0.1, 0.15) is 11.5 Å². The van der Waals surface area contributed by atoms with E-state index in [1.165, 1.54) is 24.0 Å². The molecule has 2 aliphatic rings. The van der Waals surface area contributed by atoms with Gasteiger partial charge in [-0.05, 0) is 81.3 Å². The Bertz CT molecular complexity index is 989. The first-order valence-electron chi connectivity index (χ1n) is 11.2. The van der Waals surface area contributed by atoms with Crippen LogP contribution < -0.4 is 9.64 Å². The zero-order valence-corrected chi connectivity index (χ0v) is 18.8. The summed E-state index contributed by atoms with van der Waals surface area (Å²) in [4.78, 5) is 20.3. The number of rotatable bonds is 6. The smallest absolute Gasteiger partial charge is 0.278 e. The monoisotopic (exact) mass is 404 g/mol. The van der Waals surface area contributed by atoms with Crippen LogP contribution in [-0.4, -0.2) is 23.8 Å². The quantitative estimate of drug-likeness (QED) is 0.577. The van der Waals surface area contributed by atoms with E-state index >= 15 is 0 Å². The van der Waals surface area contributed by atoms with Gasteiger partial charge < -0.3 is 9.64 Å². The minimum atomic E-state index is -0.243. The molecule has 2 aliphatic heterocycles. The van der Waals surface area contributed by atoms with Crippen LogP contribution in [0.1, 0.15) is 76.5 Å². The number of carbonyl (C=O) groups excluding carboxylic acids is 1. The second-order valence-corrected chi connectivity index (χ2v) is 9.13. The molecule has 2 aromatic carbocycles. The van der Waals surface area contributed by atoms with Crippen LogP contribution in [-0.2, 0) is 11.2 Å². The molecule has 30 heavy (non-hydrogen) atoms. The Hall–Kier alpha value is -2.62. The second kappa shape index (κ2) is 7.90. The molecule has 2 heterocycles. The minimum Gasteiger partial charge on any atom is -0.494 e. The maximum Gasteiger partial charge on any atom is 0.278 e. The van der Waals surface area contributed by atoms with Crippen LogP contribution in [0.3, 0.4) is 0 Å². The standard InChI is InChI=1S/C26H32N2O2/c1-6-8-9-18-10-12-19(13-11-18)27-23-22-15-20(30-7-2)14-21-17(3)16-26(4,5)28(24(21)22)25(23)29/h10-15,17H,6-9,16H2,1-5H3. The average Bonchev–Trinajstić information content (AvgIpc) is 2.98. The predicted molar refractivity (Wildman–Crippen MR) is 123 cm³/mol. The van der Waals surface area contributed by atoms with Gasteiger partial charge in [0, 0.05) is 11.1 Å². The number of anilines is 1. The summed E-state index contributed by atoms with van der Waals surface area (Å²) in [5.74, 6) is 1.16. The third-order valence-corrected chi connectivity index (χ3v) is 6.25. The number of hydrogen-bond acceptors (Lipinski definition) is 3. The number of benzene rings is 2. The zero-order chi connectivity index (χ0) is 21.5. The number of hydrogen-bond donors (Lipinski definition) is 0. The molecule has 1 unspecified atom stereocenters. The molecule has 1 amide bonds. The van der Waals surface area contributed by atoms with Gasteiger partial charge >= 0.3 is 0 Å². The molecule has 0 spiro atoms. The third kappa shape index (κ3) is 3.53. The Labute approximate surface area is 180 Å². The highest BCUT2D eigenvalue weighted by atomic mass is 16.5. The predicted octanol–water partition coefficient (Wildman–Crippen LogP) is 6.18. The van der Waals surface area contributed by atoms with Crippen LogP contribution in [0.25, 0.3) is 0 Å². The van der Waals surface area contributed by atoms with Crippen LogP contribution >= 0.6 is 0 Å². The van der Waals surface area contributed by atoms with E-state index in [2.05, 4.69) is 45.9 Å². The van der Waals surface area contributed by atoms with Crippen LogP contribution in [0, 0.1) is 0 Å². The summed E-state index contributed by atoms with van der Waals surface area (Å²) in [7, 11) is 0. The number of amides is 1. The van der Waals surface area contributed by atoms with E-state index < -0.39 is 0 Å². The van der Waals surface area contributed by atoms with Gasteiger partial charge in [-0.25, -0.2) is 4.99 Å². The lowest BCUT2D eigenvalue weighted by Crippen LogP contribution is -2.50. The highest BCUT2D eigenvalue weighted by molar-refractivity contribution is 6.55. The highest BCUT2D eigenvalue weighted by Gasteiger charge is 2.48. The molecule has 0 saturated carbocycles. The van der Waals surface area contributed by atoms with Crippen molar-refractivity contribution in [1.29, 1.82) is 0 Å². The van der Waals surface area contributed by atoms with Crippen molar-refractivity contribution in [2.45, 2.75) is 71.8 Å². The molecule has 2 aromatic rings. The molecule has 1 atom stereocenters. The van der Waals surface area contributed by atoms with Crippen LogP contribution in [0.2, 0.25) is 0 Å². The van der Waals surface area contributed by atoms with E-state index in [1.54, 1.807) is 0 Å². The number of nitrogens with zero attached hydrogens (tertiary/aromatic N) is 2. The van der Waals surface area contributed by atoms with E-state index in [0.717, 1.165) is 35.5 Å². The molecule has 0 bridgehead atoms. The van der Waals surface area contributed by atoms with Crippen molar-refractivity contribution < 1.29 is 9.53 Å². The maximum atomic E-state index is 13.5. The van der Waals surface area contributed by atoms with Gasteiger partial charge in [-0.15, -0.1) is 0 Å². The third-order valence-electron chi connectivity index (χ3n) is 6.25. The SMILES string of the molecule is CCCCc1ccc(N=C2C(=O)N3c4c2cc(OCC)cc4C(C)CC3(C)C)cc1. The van der Waals surface area contributed by atoms with Gasteiger partial charge in [-0.2, -0.15) is 0 Å². The van der Waals surface area contributed by atoms with Gasteiger partial charge in [-0.1, -0.05) is 32.4 Å². The van der Waals surface area contributed by atoms with E-state index in [0.29, 0.717) is 18.2 Å². The maximum absolute atomic E-state index is 13.5. The van der Waals surface area contributed by atoms with Crippen molar-refractivity contribution in [2.75, 3.05) is 11.5 Å². The lowest BCUT2D eigenvalue weighted by atomic mass is 9.80. The number of aliphatic imine (C=N–C) groups is 1. The molecule has 0 N–H and O–H groups in total. The second-order valence-electron chi connectivity index (χ2n) is 9.13. The molecule has 4 nitrogen and oxygen atoms in total. The summed E-state index contributed by atoms with van der Waals surface area (Å²) in [6, 6.07) is 12.4. The Morgan fingerprint density at radius 3 is 2.57 bits per heavy atom. The van der Waals surface area contributed by atoms with Crippen molar-refractivity contribution in [3.63, 3.8) is 0 Å². The summed E-state index contributed by atoms with van der Waals surface area (Å²) in [6.45, 7) is 11.3. The normalized spacial score (nSPS) is 20.6. The van der Waals surface area contributed by atoms with E-state index in [4.69, 9.17) is 9.73 Å². The fraction of sp³-hybridized carbons (Fsp3) is 0.462. The van der Waals surface area contributed by atoms with Gasteiger partial charge in [0.25, 0.3) is 5.91 Å². The van der Waals surface area contributed by atoms with E-state index in [1.807, 2.05) is 30.0 Å². The number of unbranched alkanes of at least 4 members (excludes halogenated alkanes) is 1. The lowest BCUT2D eigenvalue weighted by molar-refractivity contribution is -0.113. The minimum absolute atomic E-state index is 0.00754. The topological polar surface area (TPSA) is 41.9 Å². The Morgan fingerprint density at radius 1 is 1.17 bits per heavy atom. The van der Waals surface area contributed by atoms with Gasteiger partial charge in [0.2, 0.25) is 0 Å². The van der Waals surface area contributed by atoms with Crippen molar-refractivity contribution >= 4 is 23.0 Å². The Kier molecular flexibility index (Phi) is 5.44. The molecular formula is C26H32N2O2. The molecule has 0 saturated heterocycles. The van der Waals surface area contributed by atoms with E-state index in [-0.39, 0.29) is 11.4 Å². The van der Waals surface area contributed by atoms with E-state index in [9.17, 15) is 4.79 Å². The summed E-state index contributed by atoms with van der Waals surface area (Å²) in [6.07, 6.45) is 4.37. The fourth-order valence-electron chi connectivity index (χ4n) is 4.89. The molecular weight excluding hydrogens is 372 g/mol. The summed E-state index contributed by atoms with van der Waals surface area (Å²) in [5.41, 5.74) is 5.52. The largest absolute Gasteiger partial charge is 0.494 e. The molecule has 0 fully saturated rings. The molecule has 158 valence electrons. The zero-order valence-electron chi connectivity index (χ0n) is 18.8. The number of ether oxygens (including phenoxy) is 1. The first kappa shape index (κ1) is 20.6. The summed E-state index contributed by atoms with van der Waals surface area (Å²) < 4.78 is 5.84. The first-order chi connectivity index (χ1) is 14.4. The van der Waals surface area contributed by atoms with Crippen molar-refractivity contribution in [1.82, 2.24) is 0 Å². The molecule has 0 aliphatic carbocycles.